The lowest BCUT2D eigenvalue weighted by Crippen LogP contribution is -2.18. The van der Waals surface area contributed by atoms with Crippen molar-refractivity contribution in [1.29, 1.82) is 0 Å². The van der Waals surface area contributed by atoms with E-state index < -0.39 is 4.92 Å². The molecule has 0 amide bonds. The van der Waals surface area contributed by atoms with E-state index >= 15 is 0 Å². The average molecular weight is 305 g/mol. The summed E-state index contributed by atoms with van der Waals surface area (Å²) in [5, 5.41) is 10.8. The summed E-state index contributed by atoms with van der Waals surface area (Å²) in [5.74, 6) is 0.245. The van der Waals surface area contributed by atoms with E-state index in [0.717, 1.165) is 17.8 Å². The van der Waals surface area contributed by atoms with Crippen LogP contribution in [0.1, 0.15) is 16.7 Å². The van der Waals surface area contributed by atoms with Gasteiger partial charge < -0.3 is 4.90 Å². The lowest BCUT2D eigenvalue weighted by molar-refractivity contribution is -0.384. The van der Waals surface area contributed by atoms with Crippen LogP contribution in [-0.4, -0.2) is 12.0 Å². The lowest BCUT2D eigenvalue weighted by atomic mass is 10.1. The first-order valence-electron chi connectivity index (χ1n) is 6.62. The SMILES string of the molecule is Cc1ccccc1CN(C)c1ccc([N+](=O)[O-])cc1CCl. The first kappa shape index (κ1) is 15.3. The number of aryl methyl sites for hydroxylation is 1. The molecule has 0 atom stereocenters. The Bertz CT molecular complexity index is 658. The van der Waals surface area contributed by atoms with E-state index in [1.165, 1.54) is 23.3 Å². The van der Waals surface area contributed by atoms with Crippen LogP contribution in [0.4, 0.5) is 11.4 Å². The number of rotatable bonds is 5. The van der Waals surface area contributed by atoms with E-state index in [2.05, 4.69) is 24.0 Å². The van der Waals surface area contributed by atoms with E-state index in [0.29, 0.717) is 0 Å². The second-order valence-corrected chi connectivity index (χ2v) is 5.25. The summed E-state index contributed by atoms with van der Waals surface area (Å²) in [6, 6.07) is 13.0. The van der Waals surface area contributed by atoms with Gasteiger partial charge in [-0.3, -0.25) is 10.1 Å². The summed E-state index contributed by atoms with van der Waals surface area (Å²) >= 11 is 5.94. The van der Waals surface area contributed by atoms with Crippen molar-refractivity contribution in [1.82, 2.24) is 0 Å². The molecule has 0 heterocycles. The molecule has 0 aliphatic rings. The number of nitro groups is 1. The Hall–Kier alpha value is -2.07. The number of nitro benzene ring substituents is 1. The highest BCUT2D eigenvalue weighted by molar-refractivity contribution is 6.17. The normalized spacial score (nSPS) is 10.4. The summed E-state index contributed by atoms with van der Waals surface area (Å²) in [6.45, 7) is 2.80. The standard InChI is InChI=1S/C16H17ClN2O2/c1-12-5-3-4-6-13(12)11-18(2)16-8-7-15(19(20)21)9-14(16)10-17/h3-9H,10-11H2,1-2H3. The summed E-state index contributed by atoms with van der Waals surface area (Å²) in [4.78, 5) is 12.5. The fourth-order valence-corrected chi connectivity index (χ4v) is 2.51. The highest BCUT2D eigenvalue weighted by Crippen LogP contribution is 2.27. The van der Waals surface area contributed by atoms with Crippen molar-refractivity contribution in [2.75, 3.05) is 11.9 Å². The predicted octanol–water partition coefficient (Wildman–Crippen LogP) is 4.28. The zero-order valence-electron chi connectivity index (χ0n) is 12.0. The zero-order chi connectivity index (χ0) is 15.4. The monoisotopic (exact) mass is 304 g/mol. The van der Waals surface area contributed by atoms with Crippen molar-refractivity contribution in [3.05, 3.63) is 69.3 Å². The molecule has 0 aliphatic carbocycles. The molecule has 0 unspecified atom stereocenters. The first-order chi connectivity index (χ1) is 10.0. The molecule has 5 heteroatoms. The fraction of sp³-hybridized carbons (Fsp3) is 0.250. The molecule has 0 aromatic heterocycles. The number of hydrogen-bond acceptors (Lipinski definition) is 3. The average Bonchev–Trinajstić information content (AvgIpc) is 2.48. The number of benzene rings is 2. The number of nitrogens with zero attached hydrogens (tertiary/aromatic N) is 2. The minimum Gasteiger partial charge on any atom is -0.370 e. The molecule has 2 rings (SSSR count). The van der Waals surface area contributed by atoms with Crippen molar-refractivity contribution < 1.29 is 4.92 Å². The van der Waals surface area contributed by atoms with Gasteiger partial charge >= 0.3 is 0 Å². The van der Waals surface area contributed by atoms with Crippen LogP contribution in [0.3, 0.4) is 0 Å². The lowest BCUT2D eigenvalue weighted by Gasteiger charge is -2.22. The van der Waals surface area contributed by atoms with Crippen LogP contribution in [0.2, 0.25) is 0 Å². The number of halogens is 1. The second-order valence-electron chi connectivity index (χ2n) is 4.99. The highest BCUT2D eigenvalue weighted by atomic mass is 35.5. The molecule has 0 radical (unpaired) electrons. The third kappa shape index (κ3) is 3.52. The van der Waals surface area contributed by atoms with Gasteiger partial charge in [0, 0.05) is 37.3 Å². The van der Waals surface area contributed by atoms with Gasteiger partial charge in [0.2, 0.25) is 0 Å². The fourth-order valence-electron chi connectivity index (χ4n) is 2.29. The van der Waals surface area contributed by atoms with E-state index in [-0.39, 0.29) is 11.6 Å². The predicted molar refractivity (Wildman–Crippen MR) is 85.9 cm³/mol. The zero-order valence-corrected chi connectivity index (χ0v) is 12.8. The van der Waals surface area contributed by atoms with Crippen LogP contribution < -0.4 is 4.90 Å². The molecular weight excluding hydrogens is 288 g/mol. The maximum atomic E-state index is 10.8. The molecule has 0 N–H and O–H groups in total. The Morgan fingerprint density at radius 1 is 1.19 bits per heavy atom. The molecule has 0 saturated heterocycles. The van der Waals surface area contributed by atoms with E-state index in [9.17, 15) is 10.1 Å². The van der Waals surface area contributed by atoms with Crippen LogP contribution in [0.25, 0.3) is 0 Å². The van der Waals surface area contributed by atoms with Crippen molar-refractivity contribution in [2.45, 2.75) is 19.3 Å². The number of non-ortho nitro benzene ring substituents is 1. The Morgan fingerprint density at radius 2 is 1.90 bits per heavy atom. The van der Waals surface area contributed by atoms with Crippen LogP contribution in [0.15, 0.2) is 42.5 Å². The quantitative estimate of drug-likeness (QED) is 0.470. The molecule has 0 bridgehead atoms. The van der Waals surface area contributed by atoms with E-state index in [4.69, 9.17) is 11.6 Å². The van der Waals surface area contributed by atoms with E-state index in [1.54, 1.807) is 6.07 Å². The third-order valence-electron chi connectivity index (χ3n) is 3.50. The Morgan fingerprint density at radius 3 is 2.52 bits per heavy atom. The minimum atomic E-state index is -0.402. The number of hydrogen-bond donors (Lipinski definition) is 0. The summed E-state index contributed by atoms with van der Waals surface area (Å²) < 4.78 is 0. The van der Waals surface area contributed by atoms with Crippen LogP contribution in [0.5, 0.6) is 0 Å². The van der Waals surface area contributed by atoms with Gasteiger partial charge in [-0.05, 0) is 29.7 Å². The molecule has 21 heavy (non-hydrogen) atoms. The van der Waals surface area contributed by atoms with Crippen molar-refractivity contribution in [3.63, 3.8) is 0 Å². The maximum absolute atomic E-state index is 10.8. The van der Waals surface area contributed by atoms with Crippen molar-refractivity contribution >= 4 is 23.0 Å². The van der Waals surface area contributed by atoms with Crippen LogP contribution in [-0.2, 0) is 12.4 Å². The molecule has 2 aromatic carbocycles. The first-order valence-corrected chi connectivity index (χ1v) is 7.15. The summed E-state index contributed by atoms with van der Waals surface area (Å²) in [6.07, 6.45) is 0. The molecule has 0 spiro atoms. The van der Waals surface area contributed by atoms with Gasteiger partial charge in [0.15, 0.2) is 0 Å². The van der Waals surface area contributed by atoms with Gasteiger partial charge in [0.25, 0.3) is 5.69 Å². The number of alkyl halides is 1. The summed E-state index contributed by atoms with van der Waals surface area (Å²) in [7, 11) is 1.96. The van der Waals surface area contributed by atoms with Gasteiger partial charge in [-0.2, -0.15) is 0 Å². The van der Waals surface area contributed by atoms with Crippen molar-refractivity contribution in [2.24, 2.45) is 0 Å². The van der Waals surface area contributed by atoms with Gasteiger partial charge in [-0.15, -0.1) is 11.6 Å². The minimum absolute atomic E-state index is 0.0682. The Kier molecular flexibility index (Phi) is 4.81. The van der Waals surface area contributed by atoms with Crippen LogP contribution >= 0.6 is 11.6 Å². The Balaban J connectivity index is 2.29. The van der Waals surface area contributed by atoms with Gasteiger partial charge in [0.1, 0.15) is 0 Å². The van der Waals surface area contributed by atoms with E-state index in [1.807, 2.05) is 19.2 Å². The molecule has 0 saturated carbocycles. The van der Waals surface area contributed by atoms with Gasteiger partial charge in [-0.25, -0.2) is 0 Å². The van der Waals surface area contributed by atoms with Gasteiger partial charge in [0.05, 0.1) is 4.92 Å². The third-order valence-corrected chi connectivity index (χ3v) is 3.79. The molecular formula is C16H17ClN2O2. The Labute approximate surface area is 129 Å². The number of anilines is 1. The second kappa shape index (κ2) is 6.59. The topological polar surface area (TPSA) is 46.4 Å². The van der Waals surface area contributed by atoms with Crippen molar-refractivity contribution in [3.8, 4) is 0 Å². The summed E-state index contributed by atoms with van der Waals surface area (Å²) in [5.41, 5.74) is 4.19. The van der Waals surface area contributed by atoms with Crippen LogP contribution in [0, 0.1) is 17.0 Å². The molecule has 0 aliphatic heterocycles. The smallest absolute Gasteiger partial charge is 0.269 e. The molecule has 0 fully saturated rings. The molecule has 4 nitrogen and oxygen atoms in total. The van der Waals surface area contributed by atoms with Gasteiger partial charge in [-0.1, -0.05) is 24.3 Å². The molecule has 110 valence electrons. The largest absolute Gasteiger partial charge is 0.370 e. The highest BCUT2D eigenvalue weighted by Gasteiger charge is 2.13. The molecule has 2 aromatic rings. The maximum Gasteiger partial charge on any atom is 0.269 e.